The number of benzene rings is 1. The summed E-state index contributed by atoms with van der Waals surface area (Å²) in [6.07, 6.45) is -1.83. The zero-order valence-corrected chi connectivity index (χ0v) is 18.9. The first-order valence-corrected chi connectivity index (χ1v) is 10.5. The number of aliphatic hydroxyl groups is 1. The number of carbonyl (C=O) groups is 5. The first kappa shape index (κ1) is 28.3. The summed E-state index contributed by atoms with van der Waals surface area (Å²) < 4.78 is 0. The number of primary amides is 1. The van der Waals surface area contributed by atoms with Crippen molar-refractivity contribution >= 4 is 29.6 Å². The van der Waals surface area contributed by atoms with Crippen molar-refractivity contribution in [1.29, 1.82) is 0 Å². The topological polar surface area (TPSA) is 234 Å². The average Bonchev–Trinajstić information content (AvgIpc) is 2.75. The number of rotatable bonds is 13. The van der Waals surface area contributed by atoms with Crippen LogP contribution in [0.3, 0.4) is 0 Å². The summed E-state index contributed by atoms with van der Waals surface area (Å²) in [6, 6.07) is 0.769. The standard InChI is InChI=1S/C21H31N5O8/c1-10(21(33)34)24-19(31)15(7-8-16(23)29)25-20(32)17(11(2)27)26-18(30)14(22)9-12-3-5-13(28)6-4-12/h3-6,10-11,14-15,17,27-28H,7-9,22H2,1-2H3,(H2,23,29)(H,24,31)(H,25,32)(H,26,30)(H,33,34). The van der Waals surface area contributed by atoms with Crippen molar-refractivity contribution in [1.82, 2.24) is 16.0 Å². The molecule has 0 spiro atoms. The molecule has 0 heterocycles. The van der Waals surface area contributed by atoms with Gasteiger partial charge in [0, 0.05) is 6.42 Å². The van der Waals surface area contributed by atoms with E-state index in [1.165, 1.54) is 26.0 Å². The van der Waals surface area contributed by atoms with Crippen LogP contribution >= 0.6 is 0 Å². The van der Waals surface area contributed by atoms with Crippen molar-refractivity contribution in [3.63, 3.8) is 0 Å². The maximum atomic E-state index is 12.8. The number of phenols is 1. The average molecular weight is 482 g/mol. The number of aliphatic carboxylic acids is 1. The molecule has 34 heavy (non-hydrogen) atoms. The minimum absolute atomic E-state index is 0.0419. The van der Waals surface area contributed by atoms with Crippen LogP contribution in [-0.2, 0) is 30.4 Å². The van der Waals surface area contributed by atoms with Gasteiger partial charge in [-0.25, -0.2) is 0 Å². The highest BCUT2D eigenvalue weighted by atomic mass is 16.4. The van der Waals surface area contributed by atoms with E-state index in [1.54, 1.807) is 12.1 Å². The fourth-order valence-corrected chi connectivity index (χ4v) is 2.84. The molecule has 10 N–H and O–H groups in total. The fourth-order valence-electron chi connectivity index (χ4n) is 2.84. The second-order valence-corrected chi connectivity index (χ2v) is 7.84. The maximum Gasteiger partial charge on any atom is 0.325 e. The Hall–Kier alpha value is -3.71. The van der Waals surface area contributed by atoms with Gasteiger partial charge in [-0.1, -0.05) is 12.1 Å². The summed E-state index contributed by atoms with van der Waals surface area (Å²) in [5.41, 5.74) is 11.6. The second-order valence-electron chi connectivity index (χ2n) is 7.84. The van der Waals surface area contributed by atoms with Gasteiger partial charge in [0.05, 0.1) is 12.1 Å². The van der Waals surface area contributed by atoms with Gasteiger partial charge < -0.3 is 42.7 Å². The van der Waals surface area contributed by atoms with E-state index < -0.39 is 59.9 Å². The Bertz CT molecular complexity index is 890. The molecule has 0 bridgehead atoms. The van der Waals surface area contributed by atoms with Crippen molar-refractivity contribution in [2.24, 2.45) is 11.5 Å². The number of carboxylic acids is 1. The third-order valence-corrected chi connectivity index (χ3v) is 4.83. The van der Waals surface area contributed by atoms with Crippen LogP contribution in [0.2, 0.25) is 0 Å². The summed E-state index contributed by atoms with van der Waals surface area (Å²) >= 11 is 0. The minimum Gasteiger partial charge on any atom is -0.508 e. The van der Waals surface area contributed by atoms with Crippen LogP contribution < -0.4 is 27.4 Å². The van der Waals surface area contributed by atoms with Crippen LogP contribution in [0.15, 0.2) is 24.3 Å². The molecule has 0 saturated carbocycles. The zero-order chi connectivity index (χ0) is 26.0. The summed E-state index contributed by atoms with van der Waals surface area (Å²) in [4.78, 5) is 59.8. The van der Waals surface area contributed by atoms with E-state index in [0.717, 1.165) is 0 Å². The summed E-state index contributed by atoms with van der Waals surface area (Å²) in [5, 5.41) is 35.1. The molecule has 0 saturated heterocycles. The molecule has 1 aromatic rings. The molecule has 13 heteroatoms. The lowest BCUT2D eigenvalue weighted by Gasteiger charge is -2.26. The molecule has 0 aliphatic heterocycles. The van der Waals surface area contributed by atoms with Gasteiger partial charge in [0.2, 0.25) is 23.6 Å². The van der Waals surface area contributed by atoms with E-state index in [2.05, 4.69) is 16.0 Å². The SMILES string of the molecule is CC(NC(=O)C(CCC(N)=O)NC(=O)C(NC(=O)C(N)Cc1ccc(O)cc1)C(C)O)C(=O)O. The molecule has 0 aliphatic carbocycles. The summed E-state index contributed by atoms with van der Waals surface area (Å²) in [7, 11) is 0. The van der Waals surface area contributed by atoms with E-state index >= 15 is 0 Å². The first-order valence-electron chi connectivity index (χ1n) is 10.5. The number of hydrogen-bond acceptors (Lipinski definition) is 8. The molecule has 0 aliphatic rings. The highest BCUT2D eigenvalue weighted by Gasteiger charge is 2.32. The minimum atomic E-state index is -1.50. The first-order chi connectivity index (χ1) is 15.8. The van der Waals surface area contributed by atoms with Crippen LogP contribution in [0, 0.1) is 0 Å². The second kappa shape index (κ2) is 13.1. The number of hydrogen-bond donors (Lipinski definition) is 8. The van der Waals surface area contributed by atoms with Crippen LogP contribution in [-0.4, -0.2) is 75.2 Å². The third-order valence-electron chi connectivity index (χ3n) is 4.83. The lowest BCUT2D eigenvalue weighted by atomic mass is 10.0. The highest BCUT2D eigenvalue weighted by molar-refractivity contribution is 5.94. The normalized spacial score (nSPS) is 15.2. The van der Waals surface area contributed by atoms with Gasteiger partial charge in [-0.3, -0.25) is 24.0 Å². The summed E-state index contributed by atoms with van der Waals surface area (Å²) in [6.45, 7) is 2.45. The van der Waals surface area contributed by atoms with E-state index in [9.17, 15) is 34.2 Å². The highest BCUT2D eigenvalue weighted by Crippen LogP contribution is 2.11. The van der Waals surface area contributed by atoms with Gasteiger partial charge in [0.1, 0.15) is 23.9 Å². The van der Waals surface area contributed by atoms with Gasteiger partial charge in [-0.15, -0.1) is 0 Å². The third kappa shape index (κ3) is 9.42. The number of aromatic hydroxyl groups is 1. The Morgan fingerprint density at radius 2 is 1.53 bits per heavy atom. The molecule has 0 aromatic heterocycles. The lowest BCUT2D eigenvalue weighted by Crippen LogP contribution is -2.59. The number of carboxylic acid groups (broad SMARTS) is 1. The molecule has 13 nitrogen and oxygen atoms in total. The predicted molar refractivity (Wildman–Crippen MR) is 119 cm³/mol. The number of nitrogens with two attached hydrogens (primary N) is 2. The van der Waals surface area contributed by atoms with Crippen LogP contribution in [0.25, 0.3) is 0 Å². The molecule has 5 unspecified atom stereocenters. The largest absolute Gasteiger partial charge is 0.508 e. The Labute approximate surface area is 195 Å². The summed E-state index contributed by atoms with van der Waals surface area (Å²) in [5.74, 6) is -4.62. The predicted octanol–water partition coefficient (Wildman–Crippen LogP) is -2.53. The van der Waals surface area contributed by atoms with Gasteiger partial charge in [0.15, 0.2) is 0 Å². The Morgan fingerprint density at radius 3 is 2.03 bits per heavy atom. The van der Waals surface area contributed by atoms with E-state index in [-0.39, 0.29) is 25.0 Å². The van der Waals surface area contributed by atoms with Crippen molar-refractivity contribution in [3.05, 3.63) is 29.8 Å². The molecule has 1 rings (SSSR count). The molecule has 188 valence electrons. The maximum absolute atomic E-state index is 12.8. The van der Waals surface area contributed by atoms with E-state index in [0.29, 0.717) is 5.56 Å². The van der Waals surface area contributed by atoms with Crippen LogP contribution in [0.4, 0.5) is 0 Å². The number of aliphatic hydroxyl groups excluding tert-OH is 1. The van der Waals surface area contributed by atoms with E-state index in [4.69, 9.17) is 16.6 Å². The van der Waals surface area contributed by atoms with Crippen molar-refractivity contribution in [2.45, 2.75) is 63.4 Å². The Morgan fingerprint density at radius 1 is 0.941 bits per heavy atom. The molecule has 1 aromatic carbocycles. The van der Waals surface area contributed by atoms with Crippen LogP contribution in [0.5, 0.6) is 5.75 Å². The zero-order valence-electron chi connectivity index (χ0n) is 18.9. The smallest absolute Gasteiger partial charge is 0.325 e. The van der Waals surface area contributed by atoms with Gasteiger partial charge >= 0.3 is 5.97 Å². The number of carbonyl (C=O) groups excluding carboxylic acids is 4. The van der Waals surface area contributed by atoms with Crippen molar-refractivity contribution < 1.29 is 39.3 Å². The number of phenolic OH excluding ortho intramolecular Hbond substituents is 1. The lowest BCUT2D eigenvalue weighted by molar-refractivity contribution is -0.142. The Balaban J connectivity index is 2.89. The van der Waals surface area contributed by atoms with E-state index in [1.807, 2.05) is 0 Å². The van der Waals surface area contributed by atoms with Gasteiger partial charge in [-0.2, -0.15) is 0 Å². The molecule has 5 atom stereocenters. The van der Waals surface area contributed by atoms with Crippen LogP contribution in [0.1, 0.15) is 32.3 Å². The molecule has 4 amide bonds. The number of amides is 4. The van der Waals surface area contributed by atoms with Crippen molar-refractivity contribution in [3.8, 4) is 5.75 Å². The fraction of sp³-hybridized carbons (Fsp3) is 0.476. The monoisotopic (exact) mass is 481 g/mol. The molecular formula is C21H31N5O8. The van der Waals surface area contributed by atoms with Crippen molar-refractivity contribution in [2.75, 3.05) is 0 Å². The number of nitrogens with one attached hydrogen (secondary N) is 3. The quantitative estimate of drug-likeness (QED) is 0.148. The Kier molecular flexibility index (Phi) is 10.9. The van der Waals surface area contributed by atoms with Gasteiger partial charge in [-0.05, 0) is 44.4 Å². The molecule has 0 radical (unpaired) electrons. The molecular weight excluding hydrogens is 450 g/mol. The molecule has 0 fully saturated rings. The van der Waals surface area contributed by atoms with Gasteiger partial charge in [0.25, 0.3) is 0 Å².